The Hall–Kier alpha value is -2.59. The summed E-state index contributed by atoms with van der Waals surface area (Å²) in [4.78, 5) is 28.6. The van der Waals surface area contributed by atoms with Gasteiger partial charge in [0.15, 0.2) is 0 Å². The third-order valence-electron chi connectivity index (χ3n) is 2.98. The first kappa shape index (κ1) is 21.5. The normalized spacial score (nSPS) is 13.6. The van der Waals surface area contributed by atoms with Crippen molar-refractivity contribution in [3.63, 3.8) is 0 Å². The van der Waals surface area contributed by atoms with E-state index in [4.69, 9.17) is 0 Å². The Kier molecular flexibility index (Phi) is 6.39. The van der Waals surface area contributed by atoms with Crippen LogP contribution in [-0.2, 0) is 17.1 Å². The highest BCUT2D eigenvalue weighted by molar-refractivity contribution is 5.98. The smallest absolute Gasteiger partial charge is 0.369 e. The predicted octanol–water partition coefficient (Wildman–Crippen LogP) is 2.96. The SMILES string of the molecule is CC(NC(=O)c1cc(C(F)(F)F)cc(C(F)(F)F)c1)C(=O)N=CN(C)C. The van der Waals surface area contributed by atoms with E-state index < -0.39 is 46.9 Å². The van der Waals surface area contributed by atoms with Gasteiger partial charge in [-0.3, -0.25) is 9.59 Å². The number of nitrogens with zero attached hydrogens (tertiary/aromatic N) is 2. The topological polar surface area (TPSA) is 61.8 Å². The van der Waals surface area contributed by atoms with Crippen LogP contribution in [0.4, 0.5) is 26.3 Å². The van der Waals surface area contributed by atoms with Crippen LogP contribution in [0.2, 0.25) is 0 Å². The van der Waals surface area contributed by atoms with E-state index in [0.717, 1.165) is 6.34 Å². The maximum absolute atomic E-state index is 12.8. The summed E-state index contributed by atoms with van der Waals surface area (Å²) in [5.74, 6) is -2.09. The first-order valence-corrected chi connectivity index (χ1v) is 7.06. The fourth-order valence-electron chi connectivity index (χ4n) is 1.71. The number of halogens is 6. The lowest BCUT2D eigenvalue weighted by Crippen LogP contribution is -2.38. The first-order chi connectivity index (χ1) is 11.7. The van der Waals surface area contributed by atoms with Gasteiger partial charge in [-0.05, 0) is 25.1 Å². The molecule has 0 radical (unpaired) electrons. The Morgan fingerprint density at radius 3 is 1.88 bits per heavy atom. The zero-order valence-corrected chi connectivity index (χ0v) is 13.9. The summed E-state index contributed by atoms with van der Waals surface area (Å²) in [6.07, 6.45) is -9.02. The van der Waals surface area contributed by atoms with E-state index in [-0.39, 0.29) is 18.2 Å². The van der Waals surface area contributed by atoms with Gasteiger partial charge in [-0.25, -0.2) is 4.99 Å². The average molecular weight is 383 g/mol. The van der Waals surface area contributed by atoms with Crippen LogP contribution in [0.5, 0.6) is 0 Å². The Morgan fingerprint density at radius 1 is 1.04 bits per heavy atom. The lowest BCUT2D eigenvalue weighted by atomic mass is 10.0. The highest BCUT2D eigenvalue weighted by atomic mass is 19.4. The Bertz CT molecular complexity index is 678. The molecule has 0 aromatic heterocycles. The number of hydrogen-bond donors (Lipinski definition) is 1. The van der Waals surface area contributed by atoms with Crippen LogP contribution in [0.15, 0.2) is 23.2 Å². The predicted molar refractivity (Wildman–Crippen MR) is 80.6 cm³/mol. The molecule has 0 aliphatic rings. The van der Waals surface area contributed by atoms with Gasteiger partial charge in [-0.15, -0.1) is 0 Å². The van der Waals surface area contributed by atoms with Crippen molar-refractivity contribution in [2.75, 3.05) is 14.1 Å². The lowest BCUT2D eigenvalue weighted by Gasteiger charge is -2.15. The summed E-state index contributed by atoms with van der Waals surface area (Å²) in [6.45, 7) is 1.20. The number of amides is 2. The Balaban J connectivity index is 3.13. The van der Waals surface area contributed by atoms with E-state index in [0.29, 0.717) is 0 Å². The molecule has 0 fully saturated rings. The van der Waals surface area contributed by atoms with Crippen molar-refractivity contribution in [3.05, 3.63) is 34.9 Å². The molecule has 1 aromatic rings. The summed E-state index contributed by atoms with van der Waals surface area (Å²) in [7, 11) is 3.14. The summed E-state index contributed by atoms with van der Waals surface area (Å²) >= 11 is 0. The van der Waals surface area contributed by atoms with Crippen LogP contribution in [-0.4, -0.2) is 43.2 Å². The largest absolute Gasteiger partial charge is 0.416 e. The first-order valence-electron chi connectivity index (χ1n) is 7.06. The zero-order valence-electron chi connectivity index (χ0n) is 13.9. The Labute approximate surface area is 144 Å². The quantitative estimate of drug-likeness (QED) is 0.494. The molecule has 0 bridgehead atoms. The summed E-state index contributed by atoms with van der Waals surface area (Å²) < 4.78 is 76.7. The van der Waals surface area contributed by atoms with Gasteiger partial charge >= 0.3 is 12.4 Å². The second kappa shape index (κ2) is 7.75. The molecule has 1 unspecified atom stereocenters. The van der Waals surface area contributed by atoms with Crippen LogP contribution >= 0.6 is 0 Å². The van der Waals surface area contributed by atoms with Crippen molar-refractivity contribution in [1.29, 1.82) is 0 Å². The number of aliphatic imine (C=N–C) groups is 1. The third-order valence-corrected chi connectivity index (χ3v) is 2.98. The van der Waals surface area contributed by atoms with Crippen molar-refractivity contribution < 1.29 is 35.9 Å². The fourth-order valence-corrected chi connectivity index (χ4v) is 1.71. The van der Waals surface area contributed by atoms with Crippen molar-refractivity contribution in [2.24, 2.45) is 4.99 Å². The minimum atomic E-state index is -5.08. The van der Waals surface area contributed by atoms with Gasteiger partial charge in [-0.2, -0.15) is 26.3 Å². The van der Waals surface area contributed by atoms with Crippen molar-refractivity contribution >= 4 is 18.2 Å². The molecule has 1 N–H and O–H groups in total. The van der Waals surface area contributed by atoms with Gasteiger partial charge in [0.2, 0.25) is 0 Å². The second-order valence-electron chi connectivity index (χ2n) is 5.54. The molecule has 0 heterocycles. The summed E-state index contributed by atoms with van der Waals surface area (Å²) in [5, 5.41) is 2.02. The number of alkyl halides is 6. The number of carbonyl (C=O) groups is 2. The molecule has 26 heavy (non-hydrogen) atoms. The van der Waals surface area contributed by atoms with Crippen LogP contribution in [0.25, 0.3) is 0 Å². The van der Waals surface area contributed by atoms with E-state index in [1.165, 1.54) is 11.8 Å². The van der Waals surface area contributed by atoms with E-state index in [1.807, 2.05) is 5.32 Å². The van der Waals surface area contributed by atoms with E-state index in [1.54, 1.807) is 14.1 Å². The number of carbonyl (C=O) groups excluding carboxylic acids is 2. The van der Waals surface area contributed by atoms with Crippen molar-refractivity contribution in [3.8, 4) is 0 Å². The molecule has 5 nitrogen and oxygen atoms in total. The molecule has 11 heteroatoms. The molecule has 0 aliphatic heterocycles. The molecular weight excluding hydrogens is 368 g/mol. The summed E-state index contributed by atoms with van der Waals surface area (Å²) in [5.41, 5.74) is -4.12. The molecule has 0 saturated heterocycles. The van der Waals surface area contributed by atoms with E-state index in [2.05, 4.69) is 4.99 Å². The van der Waals surface area contributed by atoms with Crippen LogP contribution < -0.4 is 5.32 Å². The molecular formula is C15H15F6N3O2. The standard InChI is InChI=1S/C15H15F6N3O2/c1-8(12(25)22-7-24(2)3)23-13(26)9-4-10(14(16,17)18)6-11(5-9)15(19,20)21/h4-8H,1-3H3,(H,23,26). The zero-order chi connectivity index (χ0) is 20.3. The molecule has 0 saturated carbocycles. The summed E-state index contributed by atoms with van der Waals surface area (Å²) in [6, 6.07) is -0.773. The fraction of sp³-hybridized carbons (Fsp3) is 0.400. The maximum Gasteiger partial charge on any atom is 0.416 e. The van der Waals surface area contributed by atoms with Gasteiger partial charge < -0.3 is 10.2 Å². The van der Waals surface area contributed by atoms with Gasteiger partial charge in [0.1, 0.15) is 6.04 Å². The molecule has 1 atom stereocenters. The molecule has 1 rings (SSSR count). The highest BCUT2D eigenvalue weighted by Gasteiger charge is 2.37. The molecule has 2 amide bonds. The van der Waals surface area contributed by atoms with E-state index in [9.17, 15) is 35.9 Å². The molecule has 0 aliphatic carbocycles. The van der Waals surface area contributed by atoms with Crippen molar-refractivity contribution in [2.45, 2.75) is 25.3 Å². The number of rotatable bonds is 4. The van der Waals surface area contributed by atoms with Crippen LogP contribution in [0.3, 0.4) is 0 Å². The maximum atomic E-state index is 12.8. The molecule has 144 valence electrons. The minimum absolute atomic E-state index is 0.0905. The third kappa shape index (κ3) is 6.05. The second-order valence-corrected chi connectivity index (χ2v) is 5.54. The number of benzene rings is 1. The van der Waals surface area contributed by atoms with Gasteiger partial charge in [-0.1, -0.05) is 0 Å². The molecule has 1 aromatic carbocycles. The van der Waals surface area contributed by atoms with Gasteiger partial charge in [0, 0.05) is 19.7 Å². The van der Waals surface area contributed by atoms with E-state index >= 15 is 0 Å². The van der Waals surface area contributed by atoms with Crippen LogP contribution in [0.1, 0.15) is 28.4 Å². The van der Waals surface area contributed by atoms with Gasteiger partial charge in [0.05, 0.1) is 17.5 Å². The molecule has 0 spiro atoms. The number of hydrogen-bond acceptors (Lipinski definition) is 2. The highest BCUT2D eigenvalue weighted by Crippen LogP contribution is 2.36. The average Bonchev–Trinajstić information content (AvgIpc) is 2.50. The number of nitrogens with one attached hydrogen (secondary N) is 1. The monoisotopic (exact) mass is 383 g/mol. The van der Waals surface area contributed by atoms with Crippen LogP contribution in [0, 0.1) is 0 Å². The van der Waals surface area contributed by atoms with Gasteiger partial charge in [0.25, 0.3) is 11.8 Å². The lowest BCUT2D eigenvalue weighted by molar-refractivity contribution is -0.143. The van der Waals surface area contributed by atoms with Crippen molar-refractivity contribution in [1.82, 2.24) is 10.2 Å². The minimum Gasteiger partial charge on any atom is -0.369 e. The Morgan fingerprint density at radius 2 is 1.50 bits per heavy atom.